The van der Waals surface area contributed by atoms with Gasteiger partial charge < -0.3 is 9.97 Å². The van der Waals surface area contributed by atoms with E-state index in [9.17, 15) is 0 Å². The molecule has 4 radical (unpaired) electrons. The molecule has 2 aliphatic heterocycles. The van der Waals surface area contributed by atoms with Crippen molar-refractivity contribution in [1.29, 1.82) is 0 Å². The van der Waals surface area contributed by atoms with E-state index in [2.05, 4.69) is 50.3 Å². The van der Waals surface area contributed by atoms with Gasteiger partial charge in [-0.2, -0.15) is 0 Å². The summed E-state index contributed by atoms with van der Waals surface area (Å²) in [5.74, 6) is 0. The molecular weight excluding hydrogens is 388 g/mol. The monoisotopic (exact) mass is 402 g/mol. The molecule has 8 heteroatoms. The molecule has 4 nitrogen and oxygen atoms in total. The first-order valence-electron chi connectivity index (χ1n) is 7.85. The van der Waals surface area contributed by atoms with Gasteiger partial charge in [0.2, 0.25) is 0 Å². The summed E-state index contributed by atoms with van der Waals surface area (Å²) in [6.07, 6.45) is 8.05. The topological polar surface area (TPSA) is 57.4 Å². The van der Waals surface area contributed by atoms with Crippen LogP contribution >= 0.6 is 0 Å². The van der Waals surface area contributed by atoms with Crippen molar-refractivity contribution in [1.82, 2.24) is 19.9 Å². The summed E-state index contributed by atoms with van der Waals surface area (Å²) in [6, 6.07) is 16.4. The Kier molecular flexibility index (Phi) is 11.3. The van der Waals surface area contributed by atoms with Crippen molar-refractivity contribution in [2.45, 2.75) is 0 Å². The smallest absolute Gasteiger partial charge is 0.0659 e. The van der Waals surface area contributed by atoms with E-state index in [1.54, 1.807) is 0 Å². The van der Waals surface area contributed by atoms with Crippen LogP contribution in [0.25, 0.3) is 46.4 Å². The average molecular weight is 402 g/mol. The second kappa shape index (κ2) is 11.8. The normalized spacial score (nSPS) is 10.9. The maximum atomic E-state index is 4.62. The van der Waals surface area contributed by atoms with Gasteiger partial charge in [0.1, 0.15) is 0 Å². The number of nitrogens with one attached hydrogen (secondary N) is 2. The summed E-state index contributed by atoms with van der Waals surface area (Å²) in [5.41, 5.74) is 7.86. The molecule has 0 unspecified atom stereocenters. The van der Waals surface area contributed by atoms with Gasteiger partial charge in [0.05, 0.1) is 22.8 Å². The standard InChI is InChI=1S/C20H14N4.4Na/c1-2-14-10-16-5-6-18(23-16)12-20-8-7-19(24-20)11-17-4-3-15(22-17)9-13(1)21-14;;;;/h1-12,21-22H;;;;. The summed E-state index contributed by atoms with van der Waals surface area (Å²) in [4.78, 5) is 16.0. The van der Waals surface area contributed by atoms with Gasteiger partial charge in [0, 0.05) is 140 Å². The van der Waals surface area contributed by atoms with E-state index >= 15 is 0 Å². The van der Waals surface area contributed by atoms with E-state index in [0.717, 1.165) is 44.8 Å². The SMILES string of the molecule is C1=Cc2cc3ccc(cc4ccc(cc5nc(cc1n2)C=C5)[nH]4)[nH]3.[Na].[Na].[Na].[Na]. The third-order valence-electron chi connectivity index (χ3n) is 4.04. The average Bonchev–Trinajstić information content (AvgIpc) is 3.32. The van der Waals surface area contributed by atoms with Crippen LogP contribution in [-0.4, -0.2) is 138 Å². The van der Waals surface area contributed by atoms with E-state index in [1.807, 2.05) is 42.5 Å². The van der Waals surface area contributed by atoms with Crippen LogP contribution in [0.15, 0.2) is 48.5 Å². The van der Waals surface area contributed by atoms with E-state index in [-0.39, 0.29) is 118 Å². The first-order chi connectivity index (χ1) is 11.8. The van der Waals surface area contributed by atoms with Crippen molar-refractivity contribution in [3.63, 3.8) is 0 Å². The Morgan fingerprint density at radius 1 is 0.429 bits per heavy atom. The molecule has 2 N–H and O–H groups in total. The maximum Gasteiger partial charge on any atom is 0.0659 e. The number of nitrogens with zero attached hydrogens (tertiary/aromatic N) is 2. The quantitative estimate of drug-likeness (QED) is 0.391. The molecule has 0 saturated carbocycles. The first kappa shape index (κ1) is 26.6. The Morgan fingerprint density at radius 3 is 1.14 bits per heavy atom. The molecule has 2 aliphatic rings. The van der Waals surface area contributed by atoms with Gasteiger partial charge in [0.25, 0.3) is 0 Å². The second-order valence-corrected chi connectivity index (χ2v) is 5.91. The minimum Gasteiger partial charge on any atom is -0.355 e. The fourth-order valence-electron chi connectivity index (χ4n) is 2.94. The van der Waals surface area contributed by atoms with Crippen molar-refractivity contribution in [3.05, 3.63) is 71.3 Å². The fraction of sp³-hybridized carbons (Fsp3) is 0. The summed E-state index contributed by atoms with van der Waals surface area (Å²) in [7, 11) is 0. The summed E-state index contributed by atoms with van der Waals surface area (Å²) in [5, 5.41) is 0. The van der Waals surface area contributed by atoms with Crippen LogP contribution in [0.2, 0.25) is 0 Å². The molecule has 118 valence electrons. The zero-order valence-electron chi connectivity index (χ0n) is 16.8. The first-order valence-corrected chi connectivity index (χ1v) is 7.85. The molecular formula is C20H14N4Na4. The molecule has 0 spiro atoms. The number of fused-ring (bicyclic) bond motifs is 8. The summed E-state index contributed by atoms with van der Waals surface area (Å²) >= 11 is 0. The molecule has 0 atom stereocenters. The zero-order chi connectivity index (χ0) is 15.9. The van der Waals surface area contributed by atoms with Crippen molar-refractivity contribution < 1.29 is 0 Å². The van der Waals surface area contributed by atoms with Crippen LogP contribution in [0.4, 0.5) is 0 Å². The Morgan fingerprint density at radius 2 is 0.750 bits per heavy atom. The number of rotatable bonds is 0. The van der Waals surface area contributed by atoms with Crippen molar-refractivity contribution >= 4 is 165 Å². The van der Waals surface area contributed by atoms with E-state index < -0.39 is 0 Å². The van der Waals surface area contributed by atoms with Gasteiger partial charge >= 0.3 is 0 Å². The van der Waals surface area contributed by atoms with Crippen LogP contribution in [0, 0.1) is 0 Å². The number of H-pyrrole nitrogens is 2. The minimum absolute atomic E-state index is 0. The molecule has 0 aromatic carbocycles. The third-order valence-corrected chi connectivity index (χ3v) is 4.04. The van der Waals surface area contributed by atoms with Gasteiger partial charge in [-0.3, -0.25) is 0 Å². The van der Waals surface area contributed by atoms with Crippen LogP contribution < -0.4 is 0 Å². The molecule has 3 aromatic heterocycles. The molecule has 8 bridgehead atoms. The Bertz CT molecular complexity index is 1090. The van der Waals surface area contributed by atoms with Crippen molar-refractivity contribution in [3.8, 4) is 0 Å². The molecule has 0 fully saturated rings. The minimum atomic E-state index is 0. The predicted molar refractivity (Wildman–Crippen MR) is 122 cm³/mol. The van der Waals surface area contributed by atoms with E-state index in [4.69, 9.17) is 0 Å². The molecule has 3 aromatic rings. The Balaban J connectivity index is 0.000000980. The maximum absolute atomic E-state index is 4.62. The summed E-state index contributed by atoms with van der Waals surface area (Å²) < 4.78 is 0. The molecule has 0 aliphatic carbocycles. The summed E-state index contributed by atoms with van der Waals surface area (Å²) in [6.45, 7) is 0. The Hall–Kier alpha value is 0.600. The van der Waals surface area contributed by atoms with Crippen molar-refractivity contribution in [2.24, 2.45) is 0 Å². The number of hydrogen-bond donors (Lipinski definition) is 2. The predicted octanol–water partition coefficient (Wildman–Crippen LogP) is 3.13. The largest absolute Gasteiger partial charge is 0.355 e. The van der Waals surface area contributed by atoms with Gasteiger partial charge in [-0.05, 0) is 72.8 Å². The van der Waals surface area contributed by atoms with Crippen LogP contribution in [-0.2, 0) is 0 Å². The van der Waals surface area contributed by atoms with E-state index in [1.165, 1.54) is 0 Å². The third kappa shape index (κ3) is 6.30. The fourth-order valence-corrected chi connectivity index (χ4v) is 2.94. The Labute approximate surface area is 251 Å². The number of hydrogen-bond acceptors (Lipinski definition) is 2. The second-order valence-electron chi connectivity index (χ2n) is 5.91. The van der Waals surface area contributed by atoms with Crippen LogP contribution in [0.1, 0.15) is 22.8 Å². The number of aromatic amines is 2. The molecule has 0 saturated heterocycles. The molecule has 5 rings (SSSR count). The zero-order valence-corrected chi connectivity index (χ0v) is 24.8. The van der Waals surface area contributed by atoms with Gasteiger partial charge in [0.15, 0.2) is 0 Å². The van der Waals surface area contributed by atoms with Gasteiger partial charge in [-0.1, -0.05) is 0 Å². The van der Waals surface area contributed by atoms with Crippen LogP contribution in [0.3, 0.4) is 0 Å². The molecule has 0 amide bonds. The number of aromatic nitrogens is 4. The van der Waals surface area contributed by atoms with E-state index in [0.29, 0.717) is 0 Å². The van der Waals surface area contributed by atoms with Crippen molar-refractivity contribution in [2.75, 3.05) is 0 Å². The molecule has 28 heavy (non-hydrogen) atoms. The molecule has 5 heterocycles. The van der Waals surface area contributed by atoms with Gasteiger partial charge in [-0.15, -0.1) is 0 Å². The van der Waals surface area contributed by atoms with Gasteiger partial charge in [-0.25, -0.2) is 9.97 Å². The van der Waals surface area contributed by atoms with Crippen LogP contribution in [0.5, 0.6) is 0 Å².